The van der Waals surface area contributed by atoms with Crippen molar-refractivity contribution in [2.75, 3.05) is 25.2 Å². The Hall–Kier alpha value is -2.09. The van der Waals surface area contributed by atoms with Gasteiger partial charge < -0.3 is 15.4 Å². The third-order valence-corrected chi connectivity index (χ3v) is 6.30. The van der Waals surface area contributed by atoms with Gasteiger partial charge in [-0.1, -0.05) is 12.1 Å². The molecule has 26 heavy (non-hydrogen) atoms. The quantitative estimate of drug-likeness (QED) is 0.676. The highest BCUT2D eigenvalue weighted by molar-refractivity contribution is 7.91. The number of carbonyl (C=O) groups excluding carboxylic acids is 2. The molecule has 144 valence electrons. The van der Waals surface area contributed by atoms with Gasteiger partial charge in [0.05, 0.1) is 18.6 Å². The van der Waals surface area contributed by atoms with Crippen LogP contribution in [0.15, 0.2) is 24.3 Å². The number of ether oxygens (including phenoxy) is 1. The van der Waals surface area contributed by atoms with Gasteiger partial charge in [0.25, 0.3) is 0 Å². The van der Waals surface area contributed by atoms with Crippen LogP contribution in [-0.2, 0) is 25.8 Å². The van der Waals surface area contributed by atoms with Crippen molar-refractivity contribution in [2.45, 2.75) is 32.7 Å². The number of sulfone groups is 1. The molecular formula is C18H26N2O5S. The van der Waals surface area contributed by atoms with E-state index in [1.165, 1.54) is 13.8 Å². The van der Waals surface area contributed by atoms with E-state index in [1.54, 1.807) is 7.11 Å². The molecule has 7 nitrogen and oxygen atoms in total. The Morgan fingerprint density at radius 3 is 2.62 bits per heavy atom. The summed E-state index contributed by atoms with van der Waals surface area (Å²) in [6.45, 7) is 3.46. The minimum atomic E-state index is -3.08. The fourth-order valence-corrected chi connectivity index (χ4v) is 4.42. The highest BCUT2D eigenvalue weighted by Gasteiger charge is 2.38. The van der Waals surface area contributed by atoms with Gasteiger partial charge in [-0.25, -0.2) is 8.42 Å². The molecule has 2 N–H and O–H groups in total. The number of hydrogen-bond acceptors (Lipinski definition) is 5. The Bertz CT molecular complexity index is 774. The molecule has 1 aromatic rings. The summed E-state index contributed by atoms with van der Waals surface area (Å²) in [5, 5.41) is 5.46. The summed E-state index contributed by atoms with van der Waals surface area (Å²) in [5.74, 6) is -0.0884. The first kappa shape index (κ1) is 20.2. The molecule has 0 radical (unpaired) electrons. The molecule has 1 fully saturated rings. The van der Waals surface area contributed by atoms with Crippen molar-refractivity contribution in [2.24, 2.45) is 5.41 Å². The molecular weight excluding hydrogens is 356 g/mol. The zero-order valence-corrected chi connectivity index (χ0v) is 16.2. The number of hydrogen-bond donors (Lipinski definition) is 2. The predicted molar refractivity (Wildman–Crippen MR) is 98.7 cm³/mol. The molecule has 1 heterocycles. The van der Waals surface area contributed by atoms with Crippen molar-refractivity contribution in [3.8, 4) is 5.75 Å². The van der Waals surface area contributed by atoms with E-state index in [1.807, 2.05) is 24.3 Å². The Balaban J connectivity index is 1.85. The standard InChI is InChI=1S/C18H26N2O5S/c1-18(2,17(22)20-14-8-10-26(23,24)12-14)16(21)19-9-7-13-5-4-6-15(11-13)25-3/h4-6,11,14H,7-10,12H2,1-3H3,(H,19,21)(H,20,22). The number of carbonyl (C=O) groups is 2. The lowest BCUT2D eigenvalue weighted by Crippen LogP contribution is -2.51. The molecule has 1 saturated heterocycles. The SMILES string of the molecule is COc1cccc(CCNC(=O)C(C)(C)C(=O)NC2CCS(=O)(=O)C2)c1. The fraction of sp³-hybridized carbons (Fsp3) is 0.556. The van der Waals surface area contributed by atoms with Gasteiger partial charge in [-0.05, 0) is 44.4 Å². The summed E-state index contributed by atoms with van der Waals surface area (Å²) in [6, 6.07) is 7.13. The van der Waals surface area contributed by atoms with Gasteiger partial charge in [-0.3, -0.25) is 9.59 Å². The molecule has 2 rings (SSSR count). The minimum Gasteiger partial charge on any atom is -0.497 e. The summed E-state index contributed by atoms with van der Waals surface area (Å²) >= 11 is 0. The van der Waals surface area contributed by atoms with Crippen LogP contribution in [0, 0.1) is 5.41 Å². The highest BCUT2D eigenvalue weighted by Crippen LogP contribution is 2.19. The molecule has 0 saturated carbocycles. The maximum Gasteiger partial charge on any atom is 0.235 e. The van der Waals surface area contributed by atoms with Crippen LogP contribution in [0.1, 0.15) is 25.8 Å². The minimum absolute atomic E-state index is 0.0632. The van der Waals surface area contributed by atoms with Crippen LogP contribution in [0.4, 0.5) is 0 Å². The summed E-state index contributed by atoms with van der Waals surface area (Å²) in [6.07, 6.45) is 1.00. The predicted octanol–water partition coefficient (Wildman–Crippen LogP) is 0.683. The second-order valence-electron chi connectivity index (χ2n) is 7.06. The van der Waals surface area contributed by atoms with Crippen LogP contribution in [0.5, 0.6) is 5.75 Å². The topological polar surface area (TPSA) is 102 Å². The first-order valence-corrected chi connectivity index (χ1v) is 10.4. The van der Waals surface area contributed by atoms with Crippen molar-refractivity contribution >= 4 is 21.7 Å². The van der Waals surface area contributed by atoms with E-state index < -0.39 is 33.1 Å². The molecule has 2 amide bonds. The van der Waals surface area contributed by atoms with Gasteiger partial charge in [0.2, 0.25) is 11.8 Å². The lowest BCUT2D eigenvalue weighted by molar-refractivity contribution is -0.141. The zero-order valence-electron chi connectivity index (χ0n) is 15.4. The lowest BCUT2D eigenvalue weighted by Gasteiger charge is -2.24. The molecule has 0 spiro atoms. The van der Waals surface area contributed by atoms with Gasteiger partial charge in [-0.2, -0.15) is 0 Å². The van der Waals surface area contributed by atoms with Crippen molar-refractivity contribution in [3.05, 3.63) is 29.8 Å². The van der Waals surface area contributed by atoms with E-state index >= 15 is 0 Å². The third kappa shape index (κ3) is 5.20. The van der Waals surface area contributed by atoms with Gasteiger partial charge in [0.15, 0.2) is 9.84 Å². The summed E-state index contributed by atoms with van der Waals surface area (Å²) in [4.78, 5) is 24.8. The molecule has 1 aliphatic heterocycles. The van der Waals surface area contributed by atoms with Gasteiger partial charge in [0.1, 0.15) is 11.2 Å². The number of benzene rings is 1. The molecule has 1 aromatic carbocycles. The van der Waals surface area contributed by atoms with Crippen LogP contribution in [0.25, 0.3) is 0 Å². The van der Waals surface area contributed by atoms with Gasteiger partial charge in [0, 0.05) is 12.6 Å². The fourth-order valence-electron chi connectivity index (χ4n) is 2.75. The van der Waals surface area contributed by atoms with E-state index in [0.29, 0.717) is 19.4 Å². The second-order valence-corrected chi connectivity index (χ2v) is 9.28. The van der Waals surface area contributed by atoms with Crippen LogP contribution < -0.4 is 15.4 Å². The number of methoxy groups -OCH3 is 1. The van der Waals surface area contributed by atoms with Crippen molar-refractivity contribution in [3.63, 3.8) is 0 Å². The van der Waals surface area contributed by atoms with Crippen LogP contribution in [0.2, 0.25) is 0 Å². The molecule has 0 bridgehead atoms. The van der Waals surface area contributed by atoms with Crippen molar-refractivity contribution in [1.29, 1.82) is 0 Å². The molecule has 0 aromatic heterocycles. The first-order valence-electron chi connectivity index (χ1n) is 8.56. The normalized spacial score (nSPS) is 19.0. The average molecular weight is 382 g/mol. The summed E-state index contributed by atoms with van der Waals surface area (Å²) < 4.78 is 28.1. The Labute approximate surface area is 154 Å². The van der Waals surface area contributed by atoms with Crippen LogP contribution in [-0.4, -0.2) is 51.4 Å². The lowest BCUT2D eigenvalue weighted by atomic mass is 9.90. The number of rotatable bonds is 7. The molecule has 0 aliphatic carbocycles. The van der Waals surface area contributed by atoms with Crippen LogP contribution >= 0.6 is 0 Å². The maximum atomic E-state index is 12.4. The van der Waals surface area contributed by atoms with Gasteiger partial charge >= 0.3 is 0 Å². The largest absolute Gasteiger partial charge is 0.497 e. The Morgan fingerprint density at radius 1 is 1.27 bits per heavy atom. The maximum absolute atomic E-state index is 12.4. The Kier molecular flexibility index (Phi) is 6.28. The summed E-state index contributed by atoms with van der Waals surface area (Å²) in [5.41, 5.74) is -0.260. The van der Waals surface area contributed by atoms with Crippen LogP contribution in [0.3, 0.4) is 0 Å². The molecule has 1 atom stereocenters. The van der Waals surface area contributed by atoms with Crippen molar-refractivity contribution < 1.29 is 22.7 Å². The van der Waals surface area contributed by atoms with E-state index in [-0.39, 0.29) is 11.5 Å². The second kappa shape index (κ2) is 8.07. The monoisotopic (exact) mass is 382 g/mol. The Morgan fingerprint density at radius 2 is 2.00 bits per heavy atom. The van der Waals surface area contributed by atoms with E-state index in [9.17, 15) is 18.0 Å². The third-order valence-electron chi connectivity index (χ3n) is 4.54. The molecule has 1 aliphatic rings. The van der Waals surface area contributed by atoms with Crippen molar-refractivity contribution in [1.82, 2.24) is 10.6 Å². The van der Waals surface area contributed by atoms with Gasteiger partial charge in [-0.15, -0.1) is 0 Å². The first-order chi connectivity index (χ1) is 12.1. The average Bonchev–Trinajstić information content (AvgIpc) is 2.93. The highest BCUT2D eigenvalue weighted by atomic mass is 32.2. The molecule has 1 unspecified atom stereocenters. The number of nitrogens with one attached hydrogen (secondary N) is 2. The van der Waals surface area contributed by atoms with E-state index in [2.05, 4.69) is 10.6 Å². The molecule has 8 heteroatoms. The van der Waals surface area contributed by atoms with E-state index in [4.69, 9.17) is 4.74 Å². The number of amides is 2. The smallest absolute Gasteiger partial charge is 0.235 e. The zero-order chi connectivity index (χ0) is 19.4. The summed E-state index contributed by atoms with van der Waals surface area (Å²) in [7, 11) is -1.49. The van der Waals surface area contributed by atoms with E-state index in [0.717, 1.165) is 11.3 Å².